The highest BCUT2D eigenvalue weighted by Gasteiger charge is 2.32. The van der Waals surface area contributed by atoms with Crippen LogP contribution in [0.4, 0.5) is 16.2 Å². The molecule has 12 nitrogen and oxygen atoms in total. The number of methoxy groups -OCH3 is 1. The lowest BCUT2D eigenvalue weighted by Crippen LogP contribution is -2.57. The molecule has 2 aromatic heterocycles. The van der Waals surface area contributed by atoms with Gasteiger partial charge in [-0.1, -0.05) is 0 Å². The number of ether oxygens (including phenoxy) is 1. The summed E-state index contributed by atoms with van der Waals surface area (Å²) in [5.41, 5.74) is 10.0. The van der Waals surface area contributed by atoms with E-state index >= 15 is 0 Å². The molecule has 0 aliphatic carbocycles. The zero-order chi connectivity index (χ0) is 33.8. The predicted molar refractivity (Wildman–Crippen MR) is 192 cm³/mol. The van der Waals surface area contributed by atoms with E-state index in [4.69, 9.17) is 10.5 Å². The van der Waals surface area contributed by atoms with Crippen molar-refractivity contribution in [3.8, 4) is 17.0 Å². The van der Waals surface area contributed by atoms with Gasteiger partial charge < -0.3 is 35.5 Å². The molecule has 2 saturated heterocycles. The topological polar surface area (TPSA) is 142 Å². The second-order valence-corrected chi connectivity index (χ2v) is 13.7. The Balaban J connectivity index is 1.11. The number of piperazine rings is 1. The van der Waals surface area contributed by atoms with E-state index in [9.17, 15) is 14.4 Å². The molecule has 2 fully saturated rings. The van der Waals surface area contributed by atoms with Gasteiger partial charge in [-0.2, -0.15) is 0 Å². The average molecular weight is 783 g/mol. The lowest BCUT2D eigenvalue weighted by atomic mass is 10.0. The summed E-state index contributed by atoms with van der Waals surface area (Å²) in [6.07, 6.45) is 6.90. The molecule has 0 spiro atoms. The monoisotopic (exact) mass is 780 g/mol. The zero-order valence-electron chi connectivity index (χ0n) is 26.6. The zero-order valence-corrected chi connectivity index (χ0v) is 29.7. The third kappa shape index (κ3) is 7.54. The smallest absolute Gasteiger partial charge is 0.326 e. The lowest BCUT2D eigenvalue weighted by molar-refractivity contribution is -0.133. The third-order valence-electron chi connectivity index (χ3n) is 9.08. The van der Waals surface area contributed by atoms with Crippen molar-refractivity contribution in [1.82, 2.24) is 29.7 Å². The summed E-state index contributed by atoms with van der Waals surface area (Å²) in [6, 6.07) is 14.1. The minimum Gasteiger partial charge on any atom is -0.497 e. The Morgan fingerprint density at radius 1 is 0.979 bits per heavy atom. The number of piperidine rings is 1. The number of nitrogens with zero attached hydrogens (tertiary/aromatic N) is 5. The first-order valence-corrected chi connectivity index (χ1v) is 17.5. The molecule has 1 atom stereocenters. The largest absolute Gasteiger partial charge is 0.497 e. The van der Waals surface area contributed by atoms with Gasteiger partial charge in [0.05, 0.1) is 18.5 Å². The Morgan fingerprint density at radius 3 is 2.25 bits per heavy atom. The number of amides is 3. The number of aromatic amines is 1. The van der Waals surface area contributed by atoms with Gasteiger partial charge >= 0.3 is 11.7 Å². The number of imidazole rings is 1. The molecular formula is C34H38Br2N8O4. The van der Waals surface area contributed by atoms with Gasteiger partial charge in [0.15, 0.2) is 0 Å². The minimum atomic E-state index is -0.774. The number of anilines is 2. The summed E-state index contributed by atoms with van der Waals surface area (Å²) < 4.78 is 8.40. The lowest BCUT2D eigenvalue weighted by Gasteiger charge is -2.38. The summed E-state index contributed by atoms with van der Waals surface area (Å²) in [5.74, 6) is 0.620. The van der Waals surface area contributed by atoms with Gasteiger partial charge in [0.25, 0.3) is 0 Å². The maximum absolute atomic E-state index is 14.0. The van der Waals surface area contributed by atoms with E-state index in [1.807, 2.05) is 59.6 Å². The van der Waals surface area contributed by atoms with E-state index in [-0.39, 0.29) is 23.7 Å². The number of rotatable bonds is 8. The first-order valence-electron chi connectivity index (χ1n) is 15.9. The van der Waals surface area contributed by atoms with Crippen LogP contribution in [0.15, 0.2) is 80.9 Å². The first kappa shape index (κ1) is 33.6. The Hall–Kier alpha value is -4.30. The Bertz CT molecular complexity index is 1770. The van der Waals surface area contributed by atoms with Crippen LogP contribution >= 0.6 is 31.9 Å². The van der Waals surface area contributed by atoms with E-state index in [0.717, 1.165) is 28.3 Å². The molecule has 252 valence electrons. The summed E-state index contributed by atoms with van der Waals surface area (Å²) in [4.78, 5) is 53.4. The number of urea groups is 1. The van der Waals surface area contributed by atoms with Gasteiger partial charge in [0.2, 0.25) is 5.91 Å². The van der Waals surface area contributed by atoms with E-state index < -0.39 is 6.04 Å². The van der Waals surface area contributed by atoms with Gasteiger partial charge in [-0.3, -0.25) is 14.3 Å². The molecule has 14 heteroatoms. The molecule has 2 aliphatic rings. The van der Waals surface area contributed by atoms with Crippen LogP contribution < -0.4 is 26.4 Å². The number of nitrogens with one attached hydrogen (secondary N) is 2. The molecule has 0 saturated carbocycles. The van der Waals surface area contributed by atoms with Crippen LogP contribution in [0.25, 0.3) is 11.3 Å². The number of likely N-dealkylation sites (tertiary alicyclic amines) is 1. The first-order chi connectivity index (χ1) is 23.2. The molecule has 48 heavy (non-hydrogen) atoms. The number of halogens is 2. The van der Waals surface area contributed by atoms with E-state index in [1.54, 1.807) is 29.0 Å². The average Bonchev–Trinajstić information content (AvgIpc) is 3.51. The molecule has 4 aromatic rings. The molecule has 4 heterocycles. The van der Waals surface area contributed by atoms with Crippen molar-refractivity contribution in [2.24, 2.45) is 0 Å². The van der Waals surface area contributed by atoms with Crippen LogP contribution in [0.5, 0.6) is 5.75 Å². The highest BCUT2D eigenvalue weighted by molar-refractivity contribution is 9.11. The van der Waals surface area contributed by atoms with E-state index in [2.05, 4.69) is 52.0 Å². The standard InChI is InChI=1S/C34H38Br2N8O4/c1-48-26-4-2-23(3-5-26)30-21-44(34(47)40-30)25-8-12-43(13-9-25)33(46)39-29(20-22-18-27(35)31(37)28(36)19-22)32(45)42-16-14-41(15-17-42)24-6-10-38-11-7-24/h2-7,10-11,18-19,21,25,29H,8-9,12-17,20,37H2,1H3,(H,39,46)(H,40,47)/t29-/m0/s1. The molecule has 4 N–H and O–H groups in total. The molecule has 0 bridgehead atoms. The fourth-order valence-electron chi connectivity index (χ4n) is 6.34. The fourth-order valence-corrected chi connectivity index (χ4v) is 7.62. The maximum Gasteiger partial charge on any atom is 0.326 e. The maximum atomic E-state index is 14.0. The van der Waals surface area contributed by atoms with Crippen molar-refractivity contribution < 1.29 is 14.3 Å². The Morgan fingerprint density at radius 2 is 1.62 bits per heavy atom. The molecule has 3 amide bonds. The summed E-state index contributed by atoms with van der Waals surface area (Å²) in [7, 11) is 1.61. The number of hydrogen-bond donors (Lipinski definition) is 3. The van der Waals surface area contributed by atoms with Crippen LogP contribution in [0.2, 0.25) is 0 Å². The van der Waals surface area contributed by atoms with Gasteiger partial charge in [0.1, 0.15) is 11.8 Å². The summed E-state index contributed by atoms with van der Waals surface area (Å²) in [5, 5.41) is 3.06. The predicted octanol–water partition coefficient (Wildman–Crippen LogP) is 4.66. The number of nitrogen functional groups attached to an aromatic ring is 1. The minimum absolute atomic E-state index is 0.0524. The van der Waals surface area contributed by atoms with Gasteiger partial charge in [-0.15, -0.1) is 0 Å². The second kappa shape index (κ2) is 14.9. The molecule has 6 rings (SSSR count). The van der Waals surface area contributed by atoms with Crippen molar-refractivity contribution in [2.45, 2.75) is 31.3 Å². The number of nitrogens with two attached hydrogens (primary N) is 1. The number of aromatic nitrogens is 3. The van der Waals surface area contributed by atoms with Crippen molar-refractivity contribution in [1.29, 1.82) is 0 Å². The van der Waals surface area contributed by atoms with E-state index in [0.29, 0.717) is 73.2 Å². The number of carbonyl (C=O) groups excluding carboxylic acids is 2. The van der Waals surface area contributed by atoms with Gasteiger partial charge in [-0.25, -0.2) is 9.59 Å². The molecule has 2 aromatic carbocycles. The van der Waals surface area contributed by atoms with Gasteiger partial charge in [0, 0.05) is 85.0 Å². The Labute approximate surface area is 295 Å². The number of carbonyl (C=O) groups is 2. The van der Waals surface area contributed by atoms with Crippen LogP contribution in [0, 0.1) is 0 Å². The molecule has 0 unspecified atom stereocenters. The van der Waals surface area contributed by atoms with Crippen LogP contribution in [0.1, 0.15) is 24.4 Å². The number of benzene rings is 2. The van der Waals surface area contributed by atoms with Gasteiger partial charge in [-0.05, 0) is 104 Å². The third-order valence-corrected chi connectivity index (χ3v) is 10.4. The SMILES string of the molecule is COc1ccc(-c2cn(C3CCN(C(=O)N[C@@H](Cc4cc(Br)c(N)c(Br)c4)C(=O)N4CCN(c5ccncc5)CC4)CC3)c(=O)[nH]2)cc1. The highest BCUT2D eigenvalue weighted by atomic mass is 79.9. The van der Waals surface area contributed by atoms with Crippen LogP contribution in [-0.2, 0) is 11.2 Å². The van der Waals surface area contributed by atoms with Crippen molar-refractivity contribution >= 4 is 55.2 Å². The van der Waals surface area contributed by atoms with Crippen molar-refractivity contribution in [2.75, 3.05) is 57.0 Å². The summed E-state index contributed by atoms with van der Waals surface area (Å²) in [6.45, 7) is 3.35. The van der Waals surface area contributed by atoms with Crippen molar-refractivity contribution in [3.05, 3.63) is 92.1 Å². The second-order valence-electron chi connectivity index (χ2n) is 12.0. The Kier molecular flexibility index (Phi) is 10.4. The molecule has 0 radical (unpaired) electrons. The fraction of sp³-hybridized carbons (Fsp3) is 0.353. The number of pyridine rings is 1. The summed E-state index contributed by atoms with van der Waals surface area (Å²) >= 11 is 7.01. The van der Waals surface area contributed by atoms with Crippen LogP contribution in [-0.4, -0.2) is 88.7 Å². The molecule has 2 aliphatic heterocycles. The number of H-pyrrole nitrogens is 1. The quantitative estimate of drug-likeness (QED) is 0.221. The highest BCUT2D eigenvalue weighted by Crippen LogP contribution is 2.31. The van der Waals surface area contributed by atoms with Crippen LogP contribution in [0.3, 0.4) is 0 Å². The molecular weight excluding hydrogens is 744 g/mol. The normalized spacial score (nSPS) is 16.1. The number of hydrogen-bond acceptors (Lipinski definition) is 7. The van der Waals surface area contributed by atoms with Crippen molar-refractivity contribution in [3.63, 3.8) is 0 Å². The van der Waals surface area contributed by atoms with E-state index in [1.165, 1.54) is 0 Å².